The summed E-state index contributed by atoms with van der Waals surface area (Å²) in [6.45, 7) is 1.44. The molecule has 0 saturated carbocycles. The number of anilines is 2. The first kappa shape index (κ1) is 15.0. The van der Waals surface area contributed by atoms with Crippen molar-refractivity contribution in [1.29, 1.82) is 0 Å². The average Bonchev–Trinajstić information content (AvgIpc) is 3.06. The van der Waals surface area contributed by atoms with E-state index in [9.17, 15) is 4.79 Å². The zero-order valence-electron chi connectivity index (χ0n) is 13.3. The number of para-hydroxylation sites is 1. The third kappa shape index (κ3) is 2.85. The first-order valence-corrected chi connectivity index (χ1v) is 7.45. The fourth-order valence-electron chi connectivity index (χ4n) is 2.61. The molecule has 0 spiro atoms. The normalized spacial score (nSPS) is 10.9. The highest BCUT2D eigenvalue weighted by molar-refractivity contribution is 5.64. The molecule has 0 aliphatic heterocycles. The number of rotatable bonds is 5. The van der Waals surface area contributed by atoms with Crippen LogP contribution < -0.4 is 21.2 Å². The van der Waals surface area contributed by atoms with E-state index < -0.39 is 0 Å². The molecule has 0 aliphatic rings. The number of benzene rings is 1. The summed E-state index contributed by atoms with van der Waals surface area (Å²) >= 11 is 0. The molecule has 0 amide bonds. The van der Waals surface area contributed by atoms with Gasteiger partial charge in [-0.3, -0.25) is 4.79 Å². The maximum absolute atomic E-state index is 12.2. The Balaban J connectivity index is 1.86. The molecule has 120 valence electrons. The minimum atomic E-state index is -0.205. The van der Waals surface area contributed by atoms with Crippen LogP contribution in [0.2, 0.25) is 0 Å². The predicted molar refractivity (Wildman–Crippen MR) is 89.5 cm³/mol. The molecule has 2 aromatic heterocycles. The summed E-state index contributed by atoms with van der Waals surface area (Å²) in [5, 5.41) is 3.29. The molecule has 3 aromatic rings. The van der Waals surface area contributed by atoms with Gasteiger partial charge in [0.25, 0.3) is 5.56 Å². The summed E-state index contributed by atoms with van der Waals surface area (Å²) in [5.41, 5.74) is 6.91. The Morgan fingerprint density at radius 2 is 2.00 bits per heavy atom. The highest BCUT2D eigenvalue weighted by Crippen LogP contribution is 2.20. The van der Waals surface area contributed by atoms with Gasteiger partial charge in [0.15, 0.2) is 5.82 Å². The number of nitrogens with two attached hydrogens (primary N) is 1. The second-order valence-corrected chi connectivity index (χ2v) is 5.48. The van der Waals surface area contributed by atoms with E-state index in [1.165, 1.54) is 4.68 Å². The van der Waals surface area contributed by atoms with Crippen LogP contribution in [0.15, 0.2) is 53.8 Å². The zero-order chi connectivity index (χ0) is 16.4. The van der Waals surface area contributed by atoms with E-state index in [-0.39, 0.29) is 11.2 Å². The van der Waals surface area contributed by atoms with Gasteiger partial charge in [-0.15, -0.1) is 0 Å². The van der Waals surface area contributed by atoms with Gasteiger partial charge in [-0.2, -0.15) is 0 Å². The standard InChI is InChI=1S/C16H20N6O/c1-19-10-11-21(12-19)9-8-18-15-14(17)16(23)20(2)22(15)13-6-4-3-5-7-13/h3-7,10-12H,8-9,17H2,1-2H3/p+1. The average molecular weight is 313 g/mol. The van der Waals surface area contributed by atoms with Gasteiger partial charge in [0, 0.05) is 7.05 Å². The van der Waals surface area contributed by atoms with Gasteiger partial charge in [0.1, 0.15) is 24.6 Å². The Bertz CT molecular complexity index is 859. The Morgan fingerprint density at radius 1 is 1.26 bits per heavy atom. The number of nitrogens with one attached hydrogen (secondary N) is 1. The van der Waals surface area contributed by atoms with E-state index in [0.717, 1.165) is 12.2 Å². The summed E-state index contributed by atoms with van der Waals surface area (Å²) in [4.78, 5) is 12.2. The summed E-state index contributed by atoms with van der Waals surface area (Å²) in [7, 11) is 3.69. The van der Waals surface area contributed by atoms with Crippen molar-refractivity contribution in [3.8, 4) is 5.69 Å². The minimum Gasteiger partial charge on any atom is -0.391 e. The molecule has 0 unspecified atom stereocenters. The topological polar surface area (TPSA) is 73.8 Å². The van der Waals surface area contributed by atoms with Crippen molar-refractivity contribution in [2.45, 2.75) is 6.54 Å². The minimum absolute atomic E-state index is 0.205. The molecule has 0 saturated heterocycles. The molecular formula is C16H21N6O+. The SMILES string of the molecule is Cn1c(=O)c(N)c(NCCn2cc[n+](C)c2)n1-c1ccccc1. The molecule has 3 N–H and O–H groups in total. The van der Waals surface area contributed by atoms with Crippen LogP contribution in [-0.4, -0.2) is 20.5 Å². The van der Waals surface area contributed by atoms with Crippen LogP contribution in [0.5, 0.6) is 0 Å². The third-order valence-corrected chi connectivity index (χ3v) is 3.78. The van der Waals surface area contributed by atoms with Gasteiger partial charge in [-0.25, -0.2) is 18.5 Å². The maximum Gasteiger partial charge on any atom is 0.292 e. The van der Waals surface area contributed by atoms with E-state index in [0.29, 0.717) is 12.4 Å². The monoisotopic (exact) mass is 313 g/mol. The van der Waals surface area contributed by atoms with E-state index >= 15 is 0 Å². The first-order chi connectivity index (χ1) is 11.1. The lowest BCUT2D eigenvalue weighted by Gasteiger charge is -2.13. The molecule has 7 nitrogen and oxygen atoms in total. The highest BCUT2D eigenvalue weighted by atomic mass is 16.1. The second-order valence-electron chi connectivity index (χ2n) is 5.48. The summed E-state index contributed by atoms with van der Waals surface area (Å²) in [6, 6.07) is 9.68. The molecule has 0 aliphatic carbocycles. The van der Waals surface area contributed by atoms with Crippen LogP contribution in [0, 0.1) is 0 Å². The first-order valence-electron chi connectivity index (χ1n) is 7.45. The summed E-state index contributed by atoms with van der Waals surface area (Å²) < 4.78 is 7.36. The van der Waals surface area contributed by atoms with Crippen molar-refractivity contribution in [2.24, 2.45) is 14.1 Å². The molecule has 1 aromatic carbocycles. The van der Waals surface area contributed by atoms with Gasteiger partial charge < -0.3 is 11.1 Å². The number of aryl methyl sites for hydroxylation is 1. The molecule has 0 atom stereocenters. The van der Waals surface area contributed by atoms with E-state index in [2.05, 4.69) is 9.88 Å². The molecule has 0 bridgehead atoms. The third-order valence-electron chi connectivity index (χ3n) is 3.78. The van der Waals surface area contributed by atoms with Crippen molar-refractivity contribution in [3.63, 3.8) is 0 Å². The number of hydrogen-bond acceptors (Lipinski definition) is 3. The molecule has 0 fully saturated rings. The van der Waals surface area contributed by atoms with Crippen LogP contribution in [0.3, 0.4) is 0 Å². The largest absolute Gasteiger partial charge is 0.391 e. The molecule has 7 heteroatoms. The lowest BCUT2D eigenvalue weighted by atomic mass is 10.3. The van der Waals surface area contributed by atoms with Crippen LogP contribution in [-0.2, 0) is 20.6 Å². The van der Waals surface area contributed by atoms with E-state index in [1.54, 1.807) is 11.7 Å². The van der Waals surface area contributed by atoms with Gasteiger partial charge in [0.2, 0.25) is 6.33 Å². The van der Waals surface area contributed by atoms with Gasteiger partial charge in [-0.05, 0) is 12.1 Å². The van der Waals surface area contributed by atoms with Crippen LogP contribution in [0.4, 0.5) is 11.5 Å². The van der Waals surface area contributed by atoms with Gasteiger partial charge in [0.05, 0.1) is 19.3 Å². The number of aromatic nitrogens is 4. The van der Waals surface area contributed by atoms with Crippen LogP contribution >= 0.6 is 0 Å². The summed E-state index contributed by atoms with van der Waals surface area (Å²) in [5.74, 6) is 0.625. The van der Waals surface area contributed by atoms with Gasteiger partial charge in [-0.1, -0.05) is 18.2 Å². The van der Waals surface area contributed by atoms with Crippen molar-refractivity contribution in [1.82, 2.24) is 13.9 Å². The van der Waals surface area contributed by atoms with Crippen molar-refractivity contribution >= 4 is 11.5 Å². The van der Waals surface area contributed by atoms with E-state index in [1.807, 2.05) is 60.7 Å². The van der Waals surface area contributed by atoms with Crippen molar-refractivity contribution in [3.05, 3.63) is 59.4 Å². The number of nitrogen functional groups attached to an aromatic ring is 1. The highest BCUT2D eigenvalue weighted by Gasteiger charge is 2.16. The lowest BCUT2D eigenvalue weighted by molar-refractivity contribution is -0.671. The van der Waals surface area contributed by atoms with Crippen molar-refractivity contribution in [2.75, 3.05) is 17.6 Å². The number of hydrogen-bond donors (Lipinski definition) is 2. The molecular weight excluding hydrogens is 292 g/mol. The lowest BCUT2D eigenvalue weighted by Crippen LogP contribution is -2.24. The summed E-state index contributed by atoms with van der Waals surface area (Å²) in [6.07, 6.45) is 5.98. The molecule has 23 heavy (non-hydrogen) atoms. The van der Waals surface area contributed by atoms with Crippen LogP contribution in [0.25, 0.3) is 5.69 Å². The quantitative estimate of drug-likeness (QED) is 0.674. The van der Waals surface area contributed by atoms with E-state index in [4.69, 9.17) is 5.73 Å². The second kappa shape index (κ2) is 6.04. The molecule has 0 radical (unpaired) electrons. The zero-order valence-corrected chi connectivity index (χ0v) is 13.3. The predicted octanol–water partition coefficient (Wildman–Crippen LogP) is 0.496. The van der Waals surface area contributed by atoms with Crippen LogP contribution in [0.1, 0.15) is 0 Å². The fraction of sp³-hybridized carbons (Fsp3) is 0.250. The smallest absolute Gasteiger partial charge is 0.292 e. The number of nitrogens with zero attached hydrogens (tertiary/aromatic N) is 4. The molecule has 2 heterocycles. The van der Waals surface area contributed by atoms with Gasteiger partial charge >= 0.3 is 0 Å². The number of imidazole rings is 1. The fourth-order valence-corrected chi connectivity index (χ4v) is 2.61. The maximum atomic E-state index is 12.2. The Morgan fingerprint density at radius 3 is 2.65 bits per heavy atom. The Labute approximate surface area is 134 Å². The Kier molecular flexibility index (Phi) is 3.92. The molecule has 3 rings (SSSR count). The Hall–Kier alpha value is -2.96. The van der Waals surface area contributed by atoms with Crippen molar-refractivity contribution < 1.29 is 4.57 Å².